The number of nitrogens with one attached hydrogen (secondary N) is 1. The van der Waals surface area contributed by atoms with Gasteiger partial charge in [-0.3, -0.25) is 13.9 Å². The molecule has 0 saturated heterocycles. The van der Waals surface area contributed by atoms with Crippen LogP contribution in [-0.2, 0) is 26.2 Å². The Bertz CT molecular complexity index is 1350. The molecule has 38 heavy (non-hydrogen) atoms. The van der Waals surface area contributed by atoms with E-state index < -0.39 is 28.5 Å². The minimum Gasteiger partial charge on any atom is -0.354 e. The van der Waals surface area contributed by atoms with Gasteiger partial charge >= 0.3 is 0 Å². The Balaban J connectivity index is 2.00. The molecule has 1 atom stereocenters. The first kappa shape index (κ1) is 29.2. The lowest BCUT2D eigenvalue weighted by Gasteiger charge is -2.32. The van der Waals surface area contributed by atoms with Crippen molar-refractivity contribution in [3.63, 3.8) is 0 Å². The Labute approximate surface area is 230 Å². The average molecular weight is 556 g/mol. The zero-order valence-corrected chi connectivity index (χ0v) is 23.7. The number of hydrogen-bond donors (Lipinski definition) is 1. The summed E-state index contributed by atoms with van der Waals surface area (Å²) in [4.78, 5) is 28.3. The van der Waals surface area contributed by atoms with Gasteiger partial charge in [-0.2, -0.15) is 0 Å². The zero-order chi connectivity index (χ0) is 27.9. The van der Waals surface area contributed by atoms with E-state index >= 15 is 0 Å². The monoisotopic (exact) mass is 555 g/mol. The topological polar surface area (TPSA) is 86.8 Å². The normalized spacial score (nSPS) is 12.2. The molecule has 0 aromatic heterocycles. The van der Waals surface area contributed by atoms with Crippen LogP contribution in [0.1, 0.15) is 31.9 Å². The smallest absolute Gasteiger partial charge is 0.264 e. The van der Waals surface area contributed by atoms with Gasteiger partial charge in [-0.05, 0) is 55.7 Å². The molecular weight excluding hydrogens is 522 g/mol. The minimum absolute atomic E-state index is 0.0493. The van der Waals surface area contributed by atoms with Crippen LogP contribution in [0.5, 0.6) is 0 Å². The van der Waals surface area contributed by atoms with Gasteiger partial charge in [-0.15, -0.1) is 0 Å². The van der Waals surface area contributed by atoms with E-state index in [0.29, 0.717) is 11.6 Å². The van der Waals surface area contributed by atoms with E-state index in [2.05, 4.69) is 5.32 Å². The molecule has 0 saturated carbocycles. The first-order valence-electron chi connectivity index (χ1n) is 12.4. The summed E-state index contributed by atoms with van der Waals surface area (Å²) in [5.41, 5.74) is 1.98. The number of benzene rings is 3. The highest BCUT2D eigenvalue weighted by atomic mass is 35.5. The van der Waals surface area contributed by atoms with E-state index in [0.717, 1.165) is 15.4 Å². The molecule has 3 aromatic rings. The van der Waals surface area contributed by atoms with Crippen LogP contribution >= 0.6 is 11.6 Å². The molecule has 3 aromatic carbocycles. The summed E-state index contributed by atoms with van der Waals surface area (Å²) in [5.74, 6) is -0.585. The fourth-order valence-corrected chi connectivity index (χ4v) is 5.40. The Hall–Kier alpha value is -3.36. The standard InChI is InChI=1S/C29H34ClN3O4S/c1-21(2)18-31-29(35)23(4)32(19-24-9-6-5-7-10-24)28(34)20-33(26-12-8-11-25(30)17-26)38(36,37)27-15-13-22(3)14-16-27/h5-17,21,23H,18-20H2,1-4H3,(H,31,35)/t23-/m0/s1. The Morgan fingerprint density at radius 3 is 2.18 bits per heavy atom. The van der Waals surface area contributed by atoms with Gasteiger partial charge in [-0.25, -0.2) is 8.42 Å². The summed E-state index contributed by atoms with van der Waals surface area (Å²) in [6.45, 7) is 7.58. The summed E-state index contributed by atoms with van der Waals surface area (Å²) in [5, 5.41) is 3.21. The molecule has 0 aliphatic rings. The number of anilines is 1. The van der Waals surface area contributed by atoms with E-state index in [9.17, 15) is 18.0 Å². The number of aryl methyl sites for hydroxylation is 1. The summed E-state index contributed by atoms with van der Waals surface area (Å²) < 4.78 is 28.6. The maximum Gasteiger partial charge on any atom is 0.264 e. The maximum absolute atomic E-state index is 13.8. The lowest BCUT2D eigenvalue weighted by molar-refractivity contribution is -0.139. The highest BCUT2D eigenvalue weighted by molar-refractivity contribution is 7.92. The predicted molar refractivity (Wildman–Crippen MR) is 151 cm³/mol. The van der Waals surface area contributed by atoms with E-state index in [1.807, 2.05) is 51.1 Å². The van der Waals surface area contributed by atoms with Crippen LogP contribution < -0.4 is 9.62 Å². The van der Waals surface area contributed by atoms with Crippen LogP contribution in [0.4, 0.5) is 5.69 Å². The summed E-state index contributed by atoms with van der Waals surface area (Å²) in [6, 6.07) is 21.2. The number of sulfonamides is 1. The summed E-state index contributed by atoms with van der Waals surface area (Å²) >= 11 is 6.19. The number of halogens is 1. The highest BCUT2D eigenvalue weighted by Gasteiger charge is 2.32. The molecule has 1 N–H and O–H groups in total. The maximum atomic E-state index is 13.8. The van der Waals surface area contributed by atoms with Crippen LogP contribution in [0, 0.1) is 12.8 Å². The number of nitrogens with zero attached hydrogens (tertiary/aromatic N) is 2. The largest absolute Gasteiger partial charge is 0.354 e. The fraction of sp³-hybridized carbons (Fsp3) is 0.310. The van der Waals surface area contributed by atoms with Crippen molar-refractivity contribution in [2.75, 3.05) is 17.4 Å². The van der Waals surface area contributed by atoms with E-state index in [1.165, 1.54) is 23.1 Å². The van der Waals surface area contributed by atoms with Crippen LogP contribution in [0.15, 0.2) is 83.8 Å². The number of carbonyl (C=O) groups is 2. The van der Waals surface area contributed by atoms with Gasteiger partial charge in [0.15, 0.2) is 0 Å². The lowest BCUT2D eigenvalue weighted by atomic mass is 10.1. The van der Waals surface area contributed by atoms with Crippen LogP contribution in [0.3, 0.4) is 0 Å². The Morgan fingerprint density at radius 1 is 0.921 bits per heavy atom. The minimum atomic E-state index is -4.13. The van der Waals surface area contributed by atoms with Crippen molar-refractivity contribution in [1.29, 1.82) is 0 Å². The second kappa shape index (κ2) is 12.9. The van der Waals surface area contributed by atoms with Crippen molar-refractivity contribution in [2.45, 2.75) is 45.2 Å². The van der Waals surface area contributed by atoms with Gasteiger partial charge in [0.05, 0.1) is 10.6 Å². The molecule has 0 spiro atoms. The molecule has 0 heterocycles. The van der Waals surface area contributed by atoms with Gasteiger partial charge in [0.2, 0.25) is 11.8 Å². The highest BCUT2D eigenvalue weighted by Crippen LogP contribution is 2.27. The van der Waals surface area contributed by atoms with Gasteiger partial charge in [0.1, 0.15) is 12.6 Å². The second-order valence-corrected chi connectivity index (χ2v) is 11.9. The number of rotatable bonds is 11. The first-order valence-corrected chi connectivity index (χ1v) is 14.3. The number of hydrogen-bond acceptors (Lipinski definition) is 4. The molecule has 0 radical (unpaired) electrons. The quantitative estimate of drug-likeness (QED) is 0.359. The molecule has 0 aliphatic carbocycles. The lowest BCUT2D eigenvalue weighted by Crippen LogP contribution is -2.51. The van der Waals surface area contributed by atoms with Crippen LogP contribution in [0.25, 0.3) is 0 Å². The third-order valence-electron chi connectivity index (χ3n) is 6.03. The van der Waals surface area contributed by atoms with Crippen molar-refractivity contribution in [1.82, 2.24) is 10.2 Å². The molecule has 9 heteroatoms. The van der Waals surface area contributed by atoms with Crippen molar-refractivity contribution >= 4 is 39.1 Å². The molecule has 0 bridgehead atoms. The molecule has 0 unspecified atom stereocenters. The summed E-state index contributed by atoms with van der Waals surface area (Å²) in [7, 11) is -4.13. The van der Waals surface area contributed by atoms with Gasteiger partial charge in [0.25, 0.3) is 10.0 Å². The third-order valence-corrected chi connectivity index (χ3v) is 8.05. The summed E-state index contributed by atoms with van der Waals surface area (Å²) in [6.07, 6.45) is 0. The van der Waals surface area contributed by atoms with Crippen molar-refractivity contribution in [3.8, 4) is 0 Å². The molecule has 202 valence electrons. The zero-order valence-electron chi connectivity index (χ0n) is 22.1. The molecule has 0 fully saturated rings. The van der Waals surface area contributed by atoms with Crippen LogP contribution in [-0.4, -0.2) is 44.3 Å². The predicted octanol–water partition coefficient (Wildman–Crippen LogP) is 5.03. The van der Waals surface area contributed by atoms with E-state index in [1.54, 1.807) is 37.3 Å². The van der Waals surface area contributed by atoms with Gasteiger partial charge in [0, 0.05) is 18.1 Å². The van der Waals surface area contributed by atoms with Crippen molar-refractivity contribution < 1.29 is 18.0 Å². The average Bonchev–Trinajstić information content (AvgIpc) is 2.89. The molecule has 3 rings (SSSR count). The van der Waals surface area contributed by atoms with E-state index in [4.69, 9.17) is 11.6 Å². The van der Waals surface area contributed by atoms with Crippen molar-refractivity contribution in [3.05, 3.63) is 95.0 Å². The van der Waals surface area contributed by atoms with Crippen LogP contribution in [0.2, 0.25) is 5.02 Å². The number of amides is 2. The SMILES string of the molecule is Cc1ccc(S(=O)(=O)N(CC(=O)N(Cc2ccccc2)[C@@H](C)C(=O)NCC(C)C)c2cccc(Cl)c2)cc1. The van der Waals surface area contributed by atoms with Crippen molar-refractivity contribution in [2.24, 2.45) is 5.92 Å². The Morgan fingerprint density at radius 2 is 1.58 bits per heavy atom. The molecular formula is C29H34ClN3O4S. The third kappa shape index (κ3) is 7.58. The Kier molecular flexibility index (Phi) is 9.94. The first-order chi connectivity index (χ1) is 18.0. The molecule has 2 amide bonds. The fourth-order valence-electron chi connectivity index (χ4n) is 3.81. The van der Waals surface area contributed by atoms with Gasteiger partial charge < -0.3 is 10.2 Å². The second-order valence-electron chi connectivity index (χ2n) is 9.63. The van der Waals surface area contributed by atoms with E-state index in [-0.39, 0.29) is 29.0 Å². The number of carbonyl (C=O) groups excluding carboxylic acids is 2. The molecule has 7 nitrogen and oxygen atoms in total. The van der Waals surface area contributed by atoms with Gasteiger partial charge in [-0.1, -0.05) is 79.5 Å². The molecule has 0 aliphatic heterocycles.